The Labute approximate surface area is 152 Å². The molecule has 4 rings (SSSR count). The molecule has 0 saturated heterocycles. The maximum atomic E-state index is 6.42. The first-order valence-corrected chi connectivity index (χ1v) is 8.33. The molecular weight excluding hydrogens is 340 g/mol. The lowest BCUT2D eigenvalue weighted by Crippen LogP contribution is -2.34. The summed E-state index contributed by atoms with van der Waals surface area (Å²) in [6.45, 7) is 2.07. The van der Waals surface area contributed by atoms with Gasteiger partial charge in [0.1, 0.15) is 0 Å². The predicted molar refractivity (Wildman–Crippen MR) is 95.6 cm³/mol. The summed E-state index contributed by atoms with van der Waals surface area (Å²) in [5.74, 6) is 1.84. The molecule has 7 nitrogen and oxygen atoms in total. The van der Waals surface area contributed by atoms with Crippen LogP contribution in [-0.2, 0) is 12.0 Å². The molecule has 0 amide bonds. The molecule has 0 spiro atoms. The van der Waals surface area contributed by atoms with Crippen LogP contribution in [0.4, 0.5) is 0 Å². The monoisotopic (exact) mass is 360 g/mol. The Kier molecular flexibility index (Phi) is 4.87. The van der Waals surface area contributed by atoms with Crippen LogP contribution < -0.4 is 5.73 Å². The van der Waals surface area contributed by atoms with Crippen molar-refractivity contribution in [2.45, 2.75) is 44.6 Å². The van der Waals surface area contributed by atoms with Crippen LogP contribution in [0.25, 0.3) is 17.3 Å². The quantitative estimate of drug-likeness (QED) is 0.768. The summed E-state index contributed by atoms with van der Waals surface area (Å²) in [4.78, 5) is 8.93. The van der Waals surface area contributed by atoms with E-state index in [0.29, 0.717) is 11.7 Å². The van der Waals surface area contributed by atoms with Crippen molar-refractivity contribution >= 4 is 12.4 Å². The van der Waals surface area contributed by atoms with Crippen molar-refractivity contribution in [2.75, 3.05) is 0 Å². The van der Waals surface area contributed by atoms with Gasteiger partial charge in [0.2, 0.25) is 0 Å². The molecule has 0 atom stereocenters. The summed E-state index contributed by atoms with van der Waals surface area (Å²) in [5.41, 5.74) is 7.79. The zero-order chi connectivity index (χ0) is 16.6. The van der Waals surface area contributed by atoms with E-state index in [1.54, 1.807) is 12.4 Å². The van der Waals surface area contributed by atoms with Gasteiger partial charge in [-0.2, -0.15) is 10.1 Å². The molecule has 0 bridgehead atoms. The van der Waals surface area contributed by atoms with Gasteiger partial charge in [-0.15, -0.1) is 12.4 Å². The van der Waals surface area contributed by atoms with Gasteiger partial charge in [-0.25, -0.2) is 9.67 Å². The minimum atomic E-state index is -0.453. The number of hydrogen-bond donors (Lipinski definition) is 1. The fraction of sp³-hybridized carbons (Fsp3) is 0.412. The lowest BCUT2D eigenvalue weighted by molar-refractivity contribution is 0.372. The summed E-state index contributed by atoms with van der Waals surface area (Å²) >= 11 is 0. The predicted octanol–water partition coefficient (Wildman–Crippen LogP) is 3.03. The molecule has 0 aromatic carbocycles. The van der Waals surface area contributed by atoms with E-state index in [-0.39, 0.29) is 12.4 Å². The van der Waals surface area contributed by atoms with Crippen molar-refractivity contribution in [3.63, 3.8) is 0 Å². The third-order valence-corrected chi connectivity index (χ3v) is 4.67. The van der Waals surface area contributed by atoms with Crippen LogP contribution in [0.3, 0.4) is 0 Å². The van der Waals surface area contributed by atoms with Crippen LogP contribution in [0.5, 0.6) is 0 Å². The molecule has 25 heavy (non-hydrogen) atoms. The van der Waals surface area contributed by atoms with Gasteiger partial charge >= 0.3 is 0 Å². The fourth-order valence-electron chi connectivity index (χ4n) is 3.33. The summed E-state index contributed by atoms with van der Waals surface area (Å²) < 4.78 is 7.32. The van der Waals surface area contributed by atoms with E-state index in [1.807, 2.05) is 22.9 Å². The number of hydrogen-bond acceptors (Lipinski definition) is 6. The Balaban J connectivity index is 0.00000182. The average Bonchev–Trinajstić information content (AvgIpc) is 3.34. The van der Waals surface area contributed by atoms with Crippen molar-refractivity contribution in [3.05, 3.63) is 42.1 Å². The van der Waals surface area contributed by atoms with Crippen LogP contribution >= 0.6 is 12.4 Å². The van der Waals surface area contributed by atoms with Crippen molar-refractivity contribution in [1.82, 2.24) is 24.9 Å². The maximum Gasteiger partial charge on any atom is 0.261 e. The minimum Gasteiger partial charge on any atom is -0.334 e. The molecule has 0 aliphatic heterocycles. The number of halogens is 1. The van der Waals surface area contributed by atoms with Gasteiger partial charge in [-0.1, -0.05) is 31.0 Å². The van der Waals surface area contributed by atoms with Gasteiger partial charge < -0.3 is 10.3 Å². The van der Waals surface area contributed by atoms with Gasteiger partial charge in [0.15, 0.2) is 11.6 Å². The van der Waals surface area contributed by atoms with Crippen LogP contribution in [0.2, 0.25) is 0 Å². The van der Waals surface area contributed by atoms with E-state index < -0.39 is 5.54 Å². The second kappa shape index (κ2) is 6.93. The van der Waals surface area contributed by atoms with Crippen LogP contribution in [0.15, 0.2) is 35.1 Å². The molecular formula is C17H21ClN6O. The normalized spacial score (nSPS) is 15.9. The number of aromatic nitrogens is 5. The average molecular weight is 361 g/mol. The van der Waals surface area contributed by atoms with Crippen LogP contribution in [0.1, 0.15) is 44.1 Å². The first-order chi connectivity index (χ1) is 11.7. The maximum absolute atomic E-state index is 6.42. The Morgan fingerprint density at radius 3 is 2.76 bits per heavy atom. The Hall–Kier alpha value is -2.25. The van der Waals surface area contributed by atoms with Gasteiger partial charge in [0.25, 0.3) is 5.89 Å². The first kappa shape index (κ1) is 17.6. The minimum absolute atomic E-state index is 0. The van der Waals surface area contributed by atoms with Crippen molar-refractivity contribution < 1.29 is 4.52 Å². The van der Waals surface area contributed by atoms with E-state index in [1.165, 1.54) is 0 Å². The Morgan fingerprint density at radius 1 is 1.28 bits per heavy atom. The highest BCUT2D eigenvalue weighted by Crippen LogP contribution is 2.35. The Morgan fingerprint density at radius 2 is 2.08 bits per heavy atom. The van der Waals surface area contributed by atoms with Gasteiger partial charge in [0, 0.05) is 6.20 Å². The Bertz CT molecular complexity index is 838. The summed E-state index contributed by atoms with van der Waals surface area (Å²) in [6, 6.07) is 5.74. The lowest BCUT2D eigenvalue weighted by Gasteiger charge is -2.17. The molecule has 2 N–H and O–H groups in total. The molecule has 3 aromatic rings. The summed E-state index contributed by atoms with van der Waals surface area (Å²) in [5, 5.41) is 8.59. The smallest absolute Gasteiger partial charge is 0.261 e. The zero-order valence-corrected chi connectivity index (χ0v) is 14.9. The molecule has 3 aromatic heterocycles. The number of rotatable bonds is 4. The topological polar surface area (TPSA) is 95.6 Å². The number of pyridine rings is 1. The summed E-state index contributed by atoms with van der Waals surface area (Å²) in [6.07, 6.45) is 8.30. The molecule has 132 valence electrons. The van der Waals surface area contributed by atoms with E-state index in [0.717, 1.165) is 49.2 Å². The molecule has 1 aliphatic rings. The number of nitrogens with zero attached hydrogens (tertiary/aromatic N) is 5. The molecule has 1 aliphatic carbocycles. The van der Waals surface area contributed by atoms with Crippen LogP contribution in [-0.4, -0.2) is 24.9 Å². The first-order valence-electron chi connectivity index (χ1n) is 8.33. The molecule has 0 radical (unpaired) electrons. The molecule has 0 unspecified atom stereocenters. The van der Waals surface area contributed by atoms with Crippen LogP contribution in [0, 0.1) is 0 Å². The van der Waals surface area contributed by atoms with E-state index >= 15 is 0 Å². The highest BCUT2D eigenvalue weighted by atomic mass is 35.5. The van der Waals surface area contributed by atoms with Gasteiger partial charge in [-0.3, -0.25) is 0 Å². The lowest BCUT2D eigenvalue weighted by atomic mass is 9.99. The second-order valence-corrected chi connectivity index (χ2v) is 6.24. The second-order valence-electron chi connectivity index (χ2n) is 6.24. The molecule has 3 heterocycles. The standard InChI is InChI=1S/C17H20N6O.ClH/c1-2-13-12(11-20-23(13)14-7-3-6-10-19-14)15-21-16(22-24-15)17(18)8-4-5-9-17;/h3,6-7,10-11H,2,4-5,8-9,18H2,1H3;1H. The molecule has 1 fully saturated rings. The zero-order valence-electron chi connectivity index (χ0n) is 14.1. The third kappa shape index (κ3) is 3.05. The molecule has 1 saturated carbocycles. The molecule has 8 heteroatoms. The third-order valence-electron chi connectivity index (χ3n) is 4.67. The van der Waals surface area contributed by atoms with Crippen molar-refractivity contribution in [3.8, 4) is 17.3 Å². The van der Waals surface area contributed by atoms with Crippen molar-refractivity contribution in [2.24, 2.45) is 5.73 Å². The fourth-order valence-corrected chi connectivity index (χ4v) is 3.33. The summed E-state index contributed by atoms with van der Waals surface area (Å²) in [7, 11) is 0. The largest absolute Gasteiger partial charge is 0.334 e. The van der Waals surface area contributed by atoms with E-state index in [2.05, 4.69) is 27.1 Å². The van der Waals surface area contributed by atoms with Gasteiger partial charge in [-0.05, 0) is 31.4 Å². The van der Waals surface area contributed by atoms with Gasteiger partial charge in [0.05, 0.1) is 23.0 Å². The number of nitrogens with two attached hydrogens (primary N) is 1. The SMILES string of the molecule is CCc1c(-c2nc(C3(N)CCCC3)no2)cnn1-c1ccccn1.Cl. The van der Waals surface area contributed by atoms with E-state index in [9.17, 15) is 0 Å². The van der Waals surface area contributed by atoms with Crippen molar-refractivity contribution in [1.29, 1.82) is 0 Å². The highest BCUT2D eigenvalue weighted by Gasteiger charge is 2.36. The highest BCUT2D eigenvalue weighted by molar-refractivity contribution is 5.85. The van der Waals surface area contributed by atoms with E-state index in [4.69, 9.17) is 10.3 Å².